The molecule has 1 aliphatic heterocycles. The summed E-state index contributed by atoms with van der Waals surface area (Å²) in [4.78, 5) is 30.2. The summed E-state index contributed by atoms with van der Waals surface area (Å²) in [5.41, 5.74) is 3.21. The summed E-state index contributed by atoms with van der Waals surface area (Å²) in [7, 11) is 1.61. The summed E-state index contributed by atoms with van der Waals surface area (Å²) in [6, 6.07) is 16.0. The third-order valence-corrected chi connectivity index (χ3v) is 7.54. The average Bonchev–Trinajstić information content (AvgIpc) is 3.57. The third kappa shape index (κ3) is 4.50. The van der Waals surface area contributed by atoms with Gasteiger partial charge in [0.15, 0.2) is 0 Å². The number of nitrogens with zero attached hydrogens (tertiary/aromatic N) is 3. The Morgan fingerprint density at radius 2 is 1.56 bits per heavy atom. The molecule has 0 atom stereocenters. The van der Waals surface area contributed by atoms with Crippen molar-refractivity contribution < 1.29 is 18.7 Å². The van der Waals surface area contributed by atoms with Crippen LogP contribution in [0, 0.1) is 18.7 Å². The van der Waals surface area contributed by atoms with Crippen LogP contribution in [0.5, 0.6) is 5.75 Å². The molecule has 2 amide bonds. The maximum absolute atomic E-state index is 14.9. The van der Waals surface area contributed by atoms with Crippen molar-refractivity contribution in [2.24, 2.45) is 5.92 Å². The van der Waals surface area contributed by atoms with Crippen LogP contribution in [-0.2, 0) is 4.79 Å². The fourth-order valence-electron chi connectivity index (χ4n) is 5.47. The minimum Gasteiger partial charge on any atom is -0.497 e. The van der Waals surface area contributed by atoms with E-state index in [-0.39, 0.29) is 23.5 Å². The first-order valence-corrected chi connectivity index (χ1v) is 12.7. The van der Waals surface area contributed by atoms with Crippen molar-refractivity contribution in [2.45, 2.75) is 32.6 Å². The molecule has 188 valence electrons. The number of halogens is 1. The molecule has 0 bridgehead atoms. The molecule has 1 saturated carbocycles. The Balaban J connectivity index is 1.43. The van der Waals surface area contributed by atoms with E-state index in [9.17, 15) is 14.0 Å². The second-order valence-corrected chi connectivity index (χ2v) is 9.64. The average molecular weight is 490 g/mol. The van der Waals surface area contributed by atoms with E-state index in [4.69, 9.17) is 4.74 Å². The van der Waals surface area contributed by atoms with Crippen LogP contribution < -0.4 is 4.74 Å². The second-order valence-electron chi connectivity index (χ2n) is 9.64. The van der Waals surface area contributed by atoms with Gasteiger partial charge in [0.25, 0.3) is 5.91 Å². The highest BCUT2D eigenvalue weighted by molar-refractivity contribution is 5.97. The fourth-order valence-corrected chi connectivity index (χ4v) is 5.47. The Bertz CT molecular complexity index is 1250. The van der Waals surface area contributed by atoms with E-state index in [0.29, 0.717) is 43.1 Å². The lowest BCUT2D eigenvalue weighted by Gasteiger charge is -2.36. The van der Waals surface area contributed by atoms with Crippen LogP contribution in [0.2, 0.25) is 0 Å². The molecule has 6 nitrogen and oxygen atoms in total. The first kappa shape index (κ1) is 24.1. The molecule has 2 fully saturated rings. The van der Waals surface area contributed by atoms with E-state index in [1.54, 1.807) is 25.3 Å². The quantitative estimate of drug-likeness (QED) is 0.503. The number of piperazine rings is 1. The number of ether oxygens (including phenoxy) is 1. The van der Waals surface area contributed by atoms with Gasteiger partial charge in [-0.1, -0.05) is 25.0 Å². The van der Waals surface area contributed by atoms with Crippen LogP contribution in [0.15, 0.2) is 54.6 Å². The Morgan fingerprint density at radius 1 is 0.917 bits per heavy atom. The monoisotopic (exact) mass is 489 g/mol. The number of rotatable bonds is 5. The molecule has 0 radical (unpaired) electrons. The first-order chi connectivity index (χ1) is 17.5. The molecular weight excluding hydrogens is 457 g/mol. The van der Waals surface area contributed by atoms with Gasteiger partial charge >= 0.3 is 0 Å². The molecule has 2 heterocycles. The maximum atomic E-state index is 14.9. The maximum Gasteiger partial charge on any atom is 0.255 e. The fraction of sp³-hybridized carbons (Fsp3) is 0.379. The number of carbonyl (C=O) groups is 2. The Labute approximate surface area is 211 Å². The van der Waals surface area contributed by atoms with Crippen LogP contribution in [0.3, 0.4) is 0 Å². The van der Waals surface area contributed by atoms with Crippen molar-refractivity contribution >= 4 is 11.8 Å². The summed E-state index contributed by atoms with van der Waals surface area (Å²) >= 11 is 0. The summed E-state index contributed by atoms with van der Waals surface area (Å²) < 4.78 is 22.0. The zero-order chi connectivity index (χ0) is 25.2. The largest absolute Gasteiger partial charge is 0.497 e. The number of aromatic nitrogens is 1. The van der Waals surface area contributed by atoms with E-state index in [2.05, 4.69) is 0 Å². The van der Waals surface area contributed by atoms with Crippen LogP contribution in [0.25, 0.3) is 16.9 Å². The number of benzene rings is 2. The Morgan fingerprint density at radius 3 is 2.19 bits per heavy atom. The molecule has 7 heteroatoms. The lowest BCUT2D eigenvalue weighted by Crippen LogP contribution is -2.51. The van der Waals surface area contributed by atoms with Gasteiger partial charge < -0.3 is 19.1 Å². The third-order valence-electron chi connectivity index (χ3n) is 7.54. The van der Waals surface area contributed by atoms with Crippen molar-refractivity contribution in [3.05, 3.63) is 71.7 Å². The predicted molar refractivity (Wildman–Crippen MR) is 137 cm³/mol. The van der Waals surface area contributed by atoms with E-state index in [1.165, 1.54) is 6.07 Å². The number of para-hydroxylation sites is 1. The standard InChI is InChI=1S/C29H32FN3O3/c1-20-24(29(35)32-17-15-31(16-18-32)28(34)22-7-3-4-8-22)19-27(21-11-13-23(36-2)14-12-21)33(20)26-10-6-5-9-25(26)30/h5-6,9-14,19,22H,3-4,7-8,15-18H2,1-2H3. The van der Waals surface area contributed by atoms with Crippen molar-refractivity contribution in [3.63, 3.8) is 0 Å². The normalized spacial score (nSPS) is 16.4. The summed E-state index contributed by atoms with van der Waals surface area (Å²) in [6.45, 7) is 3.96. The second kappa shape index (κ2) is 10.2. The first-order valence-electron chi connectivity index (χ1n) is 12.7. The van der Waals surface area contributed by atoms with Gasteiger partial charge in [0.1, 0.15) is 11.6 Å². The molecule has 2 aliphatic rings. The predicted octanol–water partition coefficient (Wildman–Crippen LogP) is 5.08. The topological polar surface area (TPSA) is 54.8 Å². The molecule has 0 N–H and O–H groups in total. The van der Waals surface area contributed by atoms with E-state index in [0.717, 1.165) is 42.7 Å². The zero-order valence-electron chi connectivity index (χ0n) is 20.9. The van der Waals surface area contributed by atoms with Crippen LogP contribution in [0.4, 0.5) is 4.39 Å². The van der Waals surface area contributed by atoms with E-state index < -0.39 is 0 Å². The molecule has 36 heavy (non-hydrogen) atoms. The molecule has 3 aromatic rings. The molecule has 2 aromatic carbocycles. The zero-order valence-corrected chi connectivity index (χ0v) is 20.9. The Kier molecular flexibility index (Phi) is 6.81. The SMILES string of the molecule is COc1ccc(-c2cc(C(=O)N3CCN(C(=O)C4CCCC4)CC3)c(C)n2-c2ccccc2F)cc1. The van der Waals surface area contributed by atoms with Gasteiger partial charge in [0.2, 0.25) is 5.91 Å². The Hall–Kier alpha value is -3.61. The molecule has 1 aromatic heterocycles. The lowest BCUT2D eigenvalue weighted by atomic mass is 10.1. The van der Waals surface area contributed by atoms with Gasteiger partial charge in [-0.3, -0.25) is 9.59 Å². The van der Waals surface area contributed by atoms with Crippen molar-refractivity contribution in [3.8, 4) is 22.7 Å². The molecular formula is C29H32FN3O3. The minimum absolute atomic E-state index is 0.0923. The smallest absolute Gasteiger partial charge is 0.255 e. The van der Waals surface area contributed by atoms with Gasteiger partial charge in [-0.15, -0.1) is 0 Å². The van der Waals surface area contributed by atoms with Gasteiger partial charge in [0, 0.05) is 37.8 Å². The molecule has 1 aliphatic carbocycles. The van der Waals surface area contributed by atoms with Crippen LogP contribution in [-0.4, -0.2) is 59.5 Å². The highest BCUT2D eigenvalue weighted by Gasteiger charge is 2.32. The molecule has 1 saturated heterocycles. The highest BCUT2D eigenvalue weighted by atomic mass is 19.1. The van der Waals surface area contributed by atoms with Crippen LogP contribution >= 0.6 is 0 Å². The number of carbonyl (C=O) groups excluding carboxylic acids is 2. The van der Waals surface area contributed by atoms with Gasteiger partial charge in [-0.25, -0.2) is 4.39 Å². The number of amides is 2. The van der Waals surface area contributed by atoms with E-state index in [1.807, 2.05) is 51.6 Å². The van der Waals surface area contributed by atoms with Gasteiger partial charge in [0.05, 0.1) is 24.1 Å². The number of hydrogen-bond acceptors (Lipinski definition) is 3. The van der Waals surface area contributed by atoms with Gasteiger partial charge in [-0.2, -0.15) is 0 Å². The summed E-state index contributed by atoms with van der Waals surface area (Å²) in [5.74, 6) is 0.662. The minimum atomic E-state index is -0.357. The van der Waals surface area contributed by atoms with Crippen molar-refractivity contribution in [2.75, 3.05) is 33.3 Å². The molecule has 0 spiro atoms. The molecule has 0 unspecified atom stereocenters. The van der Waals surface area contributed by atoms with Crippen molar-refractivity contribution in [1.29, 1.82) is 0 Å². The summed E-state index contributed by atoms with van der Waals surface area (Å²) in [5, 5.41) is 0. The number of methoxy groups -OCH3 is 1. The lowest BCUT2D eigenvalue weighted by molar-refractivity contribution is -0.136. The van der Waals surface area contributed by atoms with Gasteiger partial charge in [-0.05, 0) is 67.8 Å². The van der Waals surface area contributed by atoms with Crippen molar-refractivity contribution in [1.82, 2.24) is 14.4 Å². The summed E-state index contributed by atoms with van der Waals surface area (Å²) in [6.07, 6.45) is 4.22. The molecule has 5 rings (SSSR count). The van der Waals surface area contributed by atoms with E-state index >= 15 is 0 Å². The highest BCUT2D eigenvalue weighted by Crippen LogP contribution is 2.33. The number of hydrogen-bond donors (Lipinski definition) is 0. The van der Waals surface area contributed by atoms with Crippen LogP contribution in [0.1, 0.15) is 41.7 Å².